The summed E-state index contributed by atoms with van der Waals surface area (Å²) in [5, 5.41) is 6.57. The molecule has 4 aromatic rings. The van der Waals surface area contributed by atoms with Crippen molar-refractivity contribution in [2.24, 2.45) is 0 Å². The maximum absolute atomic E-state index is 12.5. The van der Waals surface area contributed by atoms with Crippen molar-refractivity contribution in [3.05, 3.63) is 83.6 Å². The molecule has 4 rings (SSSR count). The molecule has 0 saturated heterocycles. The van der Waals surface area contributed by atoms with E-state index >= 15 is 0 Å². The topological polar surface area (TPSA) is 99.0 Å². The van der Waals surface area contributed by atoms with Gasteiger partial charge < -0.3 is 29.3 Å². The summed E-state index contributed by atoms with van der Waals surface area (Å²) in [5.74, 6) is 1.45. The van der Waals surface area contributed by atoms with E-state index in [1.165, 1.54) is 0 Å². The zero-order valence-corrected chi connectivity index (χ0v) is 19.7. The fraction of sp³-hybridized carbons (Fsp3) is 0.185. The number of furan rings is 1. The number of para-hydroxylation sites is 1. The van der Waals surface area contributed by atoms with E-state index in [2.05, 4.69) is 10.6 Å². The molecule has 8 heteroatoms. The van der Waals surface area contributed by atoms with Crippen LogP contribution in [0.25, 0.3) is 11.0 Å². The molecular formula is C27H26N2O6. The van der Waals surface area contributed by atoms with E-state index in [0.29, 0.717) is 34.1 Å². The lowest BCUT2D eigenvalue weighted by molar-refractivity contribution is -0.120. The standard InChI is InChI=1S/C27H26N2O6/c1-32-20-14-23(33-2)21(24(15-20)34-3)16-28-26(30)12-17-8-10-19(11-9-17)29-27(31)25-13-18-6-4-5-7-22(18)35-25/h4-11,13-15H,12,16H2,1-3H3,(H,28,30)(H,29,31). The highest BCUT2D eigenvalue weighted by atomic mass is 16.5. The number of nitrogens with one attached hydrogen (secondary N) is 2. The molecular weight excluding hydrogens is 448 g/mol. The Morgan fingerprint density at radius 3 is 2.17 bits per heavy atom. The maximum Gasteiger partial charge on any atom is 0.291 e. The van der Waals surface area contributed by atoms with Crippen molar-refractivity contribution in [2.75, 3.05) is 26.6 Å². The number of fused-ring (bicyclic) bond motifs is 1. The smallest absolute Gasteiger partial charge is 0.291 e. The molecule has 2 N–H and O–H groups in total. The summed E-state index contributed by atoms with van der Waals surface area (Å²) in [6.07, 6.45) is 0.179. The molecule has 0 aliphatic rings. The summed E-state index contributed by atoms with van der Waals surface area (Å²) in [6.45, 7) is 0.237. The van der Waals surface area contributed by atoms with Gasteiger partial charge in [-0.25, -0.2) is 0 Å². The molecule has 1 heterocycles. The first-order valence-electron chi connectivity index (χ1n) is 10.9. The lowest BCUT2D eigenvalue weighted by Crippen LogP contribution is -2.25. The highest BCUT2D eigenvalue weighted by molar-refractivity contribution is 6.04. The van der Waals surface area contributed by atoms with E-state index in [9.17, 15) is 9.59 Å². The van der Waals surface area contributed by atoms with Crippen LogP contribution in [0.3, 0.4) is 0 Å². The van der Waals surface area contributed by atoms with E-state index < -0.39 is 0 Å². The molecule has 0 spiro atoms. The monoisotopic (exact) mass is 474 g/mol. The van der Waals surface area contributed by atoms with Crippen molar-refractivity contribution in [1.29, 1.82) is 0 Å². The first-order chi connectivity index (χ1) is 17.0. The minimum atomic E-state index is -0.339. The Kier molecular flexibility index (Phi) is 7.21. The SMILES string of the molecule is COc1cc(OC)c(CNC(=O)Cc2ccc(NC(=O)c3cc4ccccc4o3)cc2)c(OC)c1. The van der Waals surface area contributed by atoms with Crippen LogP contribution in [-0.2, 0) is 17.8 Å². The average Bonchev–Trinajstić information content (AvgIpc) is 3.32. The Hall–Kier alpha value is -4.46. The number of carbonyl (C=O) groups is 2. The number of amides is 2. The third-order valence-electron chi connectivity index (χ3n) is 5.51. The van der Waals surface area contributed by atoms with E-state index in [0.717, 1.165) is 10.9 Å². The Bertz CT molecular complexity index is 1290. The number of carbonyl (C=O) groups excluding carboxylic acids is 2. The van der Waals surface area contributed by atoms with E-state index in [4.69, 9.17) is 18.6 Å². The molecule has 0 saturated carbocycles. The van der Waals surface area contributed by atoms with Gasteiger partial charge in [0.2, 0.25) is 5.91 Å². The van der Waals surface area contributed by atoms with Crippen molar-refractivity contribution in [1.82, 2.24) is 5.32 Å². The van der Waals surface area contributed by atoms with Crippen LogP contribution in [0, 0.1) is 0 Å². The van der Waals surface area contributed by atoms with Crippen LogP contribution in [-0.4, -0.2) is 33.1 Å². The molecule has 1 aromatic heterocycles. The molecule has 0 atom stereocenters. The predicted molar refractivity (Wildman–Crippen MR) is 132 cm³/mol. The molecule has 35 heavy (non-hydrogen) atoms. The van der Waals surface area contributed by atoms with E-state index in [1.807, 2.05) is 24.3 Å². The molecule has 0 aliphatic carbocycles. The van der Waals surface area contributed by atoms with Gasteiger partial charge in [-0.1, -0.05) is 30.3 Å². The molecule has 0 fully saturated rings. The number of benzene rings is 3. The van der Waals surface area contributed by atoms with Crippen LogP contribution in [0.2, 0.25) is 0 Å². The summed E-state index contributed by atoms with van der Waals surface area (Å²) in [7, 11) is 4.66. The summed E-state index contributed by atoms with van der Waals surface area (Å²) in [6, 6.07) is 19.7. The second-order valence-corrected chi connectivity index (χ2v) is 7.76. The number of ether oxygens (including phenoxy) is 3. The van der Waals surface area contributed by atoms with Crippen molar-refractivity contribution >= 4 is 28.5 Å². The number of rotatable bonds is 9. The summed E-state index contributed by atoms with van der Waals surface area (Å²) < 4.78 is 21.7. The minimum Gasteiger partial charge on any atom is -0.496 e. The molecule has 3 aromatic carbocycles. The van der Waals surface area contributed by atoms with E-state index in [-0.39, 0.29) is 30.5 Å². The summed E-state index contributed by atoms with van der Waals surface area (Å²) >= 11 is 0. The number of methoxy groups -OCH3 is 3. The average molecular weight is 475 g/mol. The van der Waals surface area contributed by atoms with Gasteiger partial charge in [-0.3, -0.25) is 9.59 Å². The Labute approximate surface area is 202 Å². The summed E-state index contributed by atoms with van der Waals surface area (Å²) in [5.41, 5.74) is 2.78. The first kappa shape index (κ1) is 23.7. The van der Waals surface area contributed by atoms with Crippen LogP contribution in [0.5, 0.6) is 17.2 Å². The van der Waals surface area contributed by atoms with Gasteiger partial charge in [0.15, 0.2) is 5.76 Å². The van der Waals surface area contributed by atoms with Crippen molar-refractivity contribution in [3.63, 3.8) is 0 Å². The fourth-order valence-corrected chi connectivity index (χ4v) is 3.68. The second kappa shape index (κ2) is 10.6. The van der Waals surface area contributed by atoms with Crippen molar-refractivity contribution in [3.8, 4) is 17.2 Å². The number of anilines is 1. The molecule has 0 radical (unpaired) electrons. The highest BCUT2D eigenvalue weighted by Crippen LogP contribution is 2.33. The minimum absolute atomic E-state index is 0.163. The predicted octanol–water partition coefficient (Wildman–Crippen LogP) is 4.57. The largest absolute Gasteiger partial charge is 0.496 e. The van der Waals surface area contributed by atoms with Crippen LogP contribution in [0.4, 0.5) is 5.69 Å². The Morgan fingerprint density at radius 1 is 0.857 bits per heavy atom. The van der Waals surface area contributed by atoms with Gasteiger partial charge in [-0.05, 0) is 29.8 Å². The lowest BCUT2D eigenvalue weighted by Gasteiger charge is -2.15. The summed E-state index contributed by atoms with van der Waals surface area (Å²) in [4.78, 5) is 25.1. The first-order valence-corrected chi connectivity index (χ1v) is 10.9. The van der Waals surface area contributed by atoms with Crippen LogP contribution < -0.4 is 24.8 Å². The van der Waals surface area contributed by atoms with Crippen molar-refractivity contribution < 1.29 is 28.2 Å². The molecule has 2 amide bonds. The number of hydrogen-bond donors (Lipinski definition) is 2. The second-order valence-electron chi connectivity index (χ2n) is 7.76. The molecule has 0 unspecified atom stereocenters. The van der Waals surface area contributed by atoms with Gasteiger partial charge in [0.25, 0.3) is 5.91 Å². The van der Waals surface area contributed by atoms with Crippen molar-refractivity contribution in [2.45, 2.75) is 13.0 Å². The van der Waals surface area contributed by atoms with Gasteiger partial charge in [-0.2, -0.15) is 0 Å². The maximum atomic E-state index is 12.5. The number of hydrogen-bond acceptors (Lipinski definition) is 6. The van der Waals surface area contributed by atoms with Gasteiger partial charge in [0.05, 0.1) is 39.9 Å². The van der Waals surface area contributed by atoms with Crippen LogP contribution in [0.1, 0.15) is 21.7 Å². The van der Waals surface area contributed by atoms with Gasteiger partial charge >= 0.3 is 0 Å². The third-order valence-corrected chi connectivity index (χ3v) is 5.51. The molecule has 0 bridgehead atoms. The van der Waals surface area contributed by atoms with Crippen LogP contribution >= 0.6 is 0 Å². The van der Waals surface area contributed by atoms with Crippen LogP contribution in [0.15, 0.2) is 71.1 Å². The third kappa shape index (κ3) is 5.55. The van der Waals surface area contributed by atoms with Gasteiger partial charge in [-0.15, -0.1) is 0 Å². The lowest BCUT2D eigenvalue weighted by atomic mass is 10.1. The Morgan fingerprint density at radius 2 is 1.54 bits per heavy atom. The van der Waals surface area contributed by atoms with E-state index in [1.54, 1.807) is 63.8 Å². The van der Waals surface area contributed by atoms with Gasteiger partial charge in [0, 0.05) is 23.2 Å². The Balaban J connectivity index is 1.35. The molecule has 180 valence electrons. The normalized spacial score (nSPS) is 10.6. The quantitative estimate of drug-likeness (QED) is 0.369. The van der Waals surface area contributed by atoms with Gasteiger partial charge in [0.1, 0.15) is 22.8 Å². The fourth-order valence-electron chi connectivity index (χ4n) is 3.68. The zero-order chi connectivity index (χ0) is 24.8. The molecule has 8 nitrogen and oxygen atoms in total. The zero-order valence-electron chi connectivity index (χ0n) is 19.7. The highest BCUT2D eigenvalue weighted by Gasteiger charge is 2.15. The molecule has 0 aliphatic heterocycles.